The van der Waals surface area contributed by atoms with E-state index in [9.17, 15) is 5.11 Å². The number of aryl methyl sites for hydroxylation is 1. The highest BCUT2D eigenvalue weighted by atomic mass is 16.5. The Balaban J connectivity index is 1.41. The Hall–Kier alpha value is -3.30. The van der Waals surface area contributed by atoms with Gasteiger partial charge in [-0.3, -0.25) is 4.90 Å². The molecule has 3 heteroatoms. The molecule has 1 aliphatic rings. The van der Waals surface area contributed by atoms with E-state index in [1.165, 1.54) is 71.1 Å². The number of rotatable bonds is 8. The van der Waals surface area contributed by atoms with Crippen molar-refractivity contribution < 1.29 is 9.84 Å². The summed E-state index contributed by atoms with van der Waals surface area (Å²) >= 11 is 0. The van der Waals surface area contributed by atoms with Crippen LogP contribution in [-0.2, 0) is 12.8 Å². The summed E-state index contributed by atoms with van der Waals surface area (Å²) < 4.78 is 6.06. The smallest absolute Gasteiger partial charge is 0.119 e. The van der Waals surface area contributed by atoms with Gasteiger partial charge in [-0.25, -0.2) is 0 Å². The number of likely N-dealkylation sites (tertiary alicyclic amines) is 1. The van der Waals surface area contributed by atoms with Crippen LogP contribution in [0.3, 0.4) is 0 Å². The average molecular weight is 480 g/mol. The minimum Gasteiger partial charge on any atom is -0.508 e. The quantitative estimate of drug-likeness (QED) is 0.283. The van der Waals surface area contributed by atoms with E-state index in [1.807, 2.05) is 6.07 Å². The van der Waals surface area contributed by atoms with Gasteiger partial charge in [0.25, 0.3) is 0 Å². The Labute approximate surface area is 215 Å². The van der Waals surface area contributed by atoms with Crippen molar-refractivity contribution >= 4 is 10.8 Å². The zero-order valence-electron chi connectivity index (χ0n) is 21.6. The maximum absolute atomic E-state index is 10.1. The van der Waals surface area contributed by atoms with Crippen molar-refractivity contribution in [1.82, 2.24) is 4.90 Å². The summed E-state index contributed by atoms with van der Waals surface area (Å²) in [5.41, 5.74) is 7.83. The lowest BCUT2D eigenvalue weighted by atomic mass is 9.87. The molecule has 0 amide bonds. The normalized spacial score (nSPS) is 14.3. The zero-order valence-corrected chi connectivity index (χ0v) is 21.6. The minimum atomic E-state index is 0.302. The van der Waals surface area contributed by atoms with Gasteiger partial charge < -0.3 is 9.84 Å². The number of aromatic hydroxyl groups is 1. The second-order valence-electron chi connectivity index (χ2n) is 10.0. The van der Waals surface area contributed by atoms with Gasteiger partial charge in [-0.15, -0.1) is 0 Å². The van der Waals surface area contributed by atoms with Crippen LogP contribution in [0.2, 0.25) is 0 Å². The Morgan fingerprint density at radius 3 is 2.44 bits per heavy atom. The fraction of sp³-hybridized carbons (Fsp3) is 0.333. The molecule has 1 saturated heterocycles. The largest absolute Gasteiger partial charge is 0.508 e. The molecular formula is C33H37NO2. The Kier molecular flexibility index (Phi) is 7.58. The molecule has 5 rings (SSSR count). The highest BCUT2D eigenvalue weighted by molar-refractivity contribution is 5.93. The molecule has 1 aliphatic heterocycles. The minimum absolute atomic E-state index is 0.302. The summed E-state index contributed by atoms with van der Waals surface area (Å²) in [5.74, 6) is 1.24. The van der Waals surface area contributed by atoms with Crippen LogP contribution in [0.5, 0.6) is 11.5 Å². The van der Waals surface area contributed by atoms with Gasteiger partial charge in [-0.1, -0.05) is 61.9 Å². The van der Waals surface area contributed by atoms with Crippen molar-refractivity contribution in [3.8, 4) is 22.6 Å². The molecule has 1 heterocycles. The van der Waals surface area contributed by atoms with Gasteiger partial charge in [0.1, 0.15) is 18.1 Å². The molecule has 4 aromatic rings. The van der Waals surface area contributed by atoms with Gasteiger partial charge in [0.2, 0.25) is 0 Å². The molecule has 0 saturated carbocycles. The van der Waals surface area contributed by atoms with E-state index in [2.05, 4.69) is 79.4 Å². The first-order chi connectivity index (χ1) is 17.6. The number of phenolic OH excluding ortho intramolecular Hbond substituents is 1. The first-order valence-electron chi connectivity index (χ1n) is 13.4. The maximum Gasteiger partial charge on any atom is 0.119 e. The predicted octanol–water partition coefficient (Wildman–Crippen LogP) is 7.54. The molecular weight excluding hydrogens is 442 g/mol. The van der Waals surface area contributed by atoms with E-state index in [4.69, 9.17) is 4.74 Å². The second kappa shape index (κ2) is 11.2. The molecule has 0 spiro atoms. The summed E-state index contributed by atoms with van der Waals surface area (Å²) in [6, 6.07) is 25.3. The van der Waals surface area contributed by atoms with Crippen molar-refractivity contribution in [2.24, 2.45) is 0 Å². The third kappa shape index (κ3) is 5.42. The number of benzene rings is 4. The van der Waals surface area contributed by atoms with Crippen LogP contribution < -0.4 is 4.74 Å². The topological polar surface area (TPSA) is 32.7 Å². The van der Waals surface area contributed by atoms with Crippen molar-refractivity contribution in [3.05, 3.63) is 95.1 Å². The predicted molar refractivity (Wildman–Crippen MR) is 150 cm³/mol. The SMILES string of the molecule is CCc1cccc(-c2ccc3cc(O)ccc3c2Cc2ccc(OCCN3CCCCC3)cc2)c1C. The van der Waals surface area contributed by atoms with Crippen molar-refractivity contribution in [3.63, 3.8) is 0 Å². The highest BCUT2D eigenvalue weighted by Crippen LogP contribution is 2.36. The number of hydrogen-bond acceptors (Lipinski definition) is 3. The van der Waals surface area contributed by atoms with Crippen molar-refractivity contribution in [1.29, 1.82) is 0 Å². The molecule has 0 unspecified atom stereocenters. The van der Waals surface area contributed by atoms with E-state index in [0.29, 0.717) is 5.75 Å². The Morgan fingerprint density at radius 1 is 0.861 bits per heavy atom. The number of nitrogens with zero attached hydrogens (tertiary/aromatic N) is 1. The maximum atomic E-state index is 10.1. The van der Waals surface area contributed by atoms with E-state index in [0.717, 1.165) is 37.1 Å². The molecule has 0 aromatic heterocycles. The number of fused-ring (bicyclic) bond motifs is 1. The van der Waals surface area contributed by atoms with Crippen LogP contribution in [0.25, 0.3) is 21.9 Å². The highest BCUT2D eigenvalue weighted by Gasteiger charge is 2.14. The number of ether oxygens (including phenoxy) is 1. The van der Waals surface area contributed by atoms with Gasteiger partial charge >= 0.3 is 0 Å². The van der Waals surface area contributed by atoms with Crippen molar-refractivity contribution in [2.45, 2.75) is 46.0 Å². The van der Waals surface area contributed by atoms with Crippen LogP contribution in [0.15, 0.2) is 72.8 Å². The first-order valence-corrected chi connectivity index (χ1v) is 13.4. The molecule has 1 N–H and O–H groups in total. The lowest BCUT2D eigenvalue weighted by Crippen LogP contribution is -2.33. The van der Waals surface area contributed by atoms with E-state index in [1.54, 1.807) is 6.07 Å². The molecule has 0 radical (unpaired) electrons. The van der Waals surface area contributed by atoms with Gasteiger partial charge in [0.15, 0.2) is 0 Å². The summed E-state index contributed by atoms with van der Waals surface area (Å²) in [5, 5.41) is 12.3. The zero-order chi connectivity index (χ0) is 24.9. The fourth-order valence-corrected chi connectivity index (χ4v) is 5.57. The molecule has 1 fully saturated rings. The van der Waals surface area contributed by atoms with Crippen LogP contribution in [0.1, 0.15) is 48.4 Å². The first kappa shape index (κ1) is 24.4. The second-order valence-corrected chi connectivity index (χ2v) is 10.0. The summed E-state index contributed by atoms with van der Waals surface area (Å²) in [6.45, 7) is 8.59. The number of piperidine rings is 1. The molecule has 186 valence electrons. The van der Waals surface area contributed by atoms with Gasteiger partial charge in [0.05, 0.1) is 0 Å². The molecule has 0 bridgehead atoms. The summed E-state index contributed by atoms with van der Waals surface area (Å²) in [7, 11) is 0. The van der Waals surface area contributed by atoms with Crippen molar-refractivity contribution in [2.75, 3.05) is 26.2 Å². The Morgan fingerprint density at radius 2 is 1.67 bits per heavy atom. The molecule has 0 atom stereocenters. The molecule has 0 aliphatic carbocycles. The molecule has 4 aromatic carbocycles. The number of phenols is 1. The van der Waals surface area contributed by atoms with Crippen LogP contribution in [0.4, 0.5) is 0 Å². The monoisotopic (exact) mass is 479 g/mol. The van der Waals surface area contributed by atoms with Crippen LogP contribution in [0, 0.1) is 6.92 Å². The number of hydrogen-bond donors (Lipinski definition) is 1. The van der Waals surface area contributed by atoms with Crippen LogP contribution in [-0.4, -0.2) is 36.2 Å². The third-order valence-electron chi connectivity index (χ3n) is 7.66. The van der Waals surface area contributed by atoms with Crippen LogP contribution >= 0.6 is 0 Å². The van der Waals surface area contributed by atoms with E-state index >= 15 is 0 Å². The van der Waals surface area contributed by atoms with E-state index in [-0.39, 0.29) is 0 Å². The third-order valence-corrected chi connectivity index (χ3v) is 7.66. The van der Waals surface area contributed by atoms with Gasteiger partial charge in [-0.05, 0) is 114 Å². The van der Waals surface area contributed by atoms with E-state index < -0.39 is 0 Å². The Bertz CT molecular complexity index is 1320. The summed E-state index contributed by atoms with van der Waals surface area (Å²) in [6.07, 6.45) is 5.83. The fourth-order valence-electron chi connectivity index (χ4n) is 5.57. The average Bonchev–Trinajstić information content (AvgIpc) is 2.91. The molecule has 3 nitrogen and oxygen atoms in total. The standard InChI is InChI=1S/C33H37NO2/c1-3-26-8-7-9-30(24(26)2)32-16-12-27-23-28(35)13-17-31(27)33(32)22-25-10-14-29(15-11-25)36-21-20-34-18-5-4-6-19-34/h7-17,23,35H,3-6,18-22H2,1-2H3. The lowest BCUT2D eigenvalue weighted by Gasteiger charge is -2.26. The van der Waals surface area contributed by atoms with Gasteiger partial charge in [-0.2, -0.15) is 0 Å². The molecule has 36 heavy (non-hydrogen) atoms. The summed E-state index contributed by atoms with van der Waals surface area (Å²) in [4.78, 5) is 2.51. The van der Waals surface area contributed by atoms with Gasteiger partial charge in [0, 0.05) is 6.54 Å². The lowest BCUT2D eigenvalue weighted by molar-refractivity contribution is 0.183.